The molecular weight excluding hydrogens is 422 g/mol. The van der Waals surface area contributed by atoms with Crippen LogP contribution in [0.4, 0.5) is 5.69 Å². The summed E-state index contributed by atoms with van der Waals surface area (Å²) in [4.78, 5) is 26.3. The van der Waals surface area contributed by atoms with Gasteiger partial charge < -0.3 is 18.9 Å². The number of para-hydroxylation sites is 1. The Bertz CT molecular complexity index is 1100. The van der Waals surface area contributed by atoms with Crippen LogP contribution in [0.15, 0.2) is 59.1 Å². The van der Waals surface area contributed by atoms with Gasteiger partial charge in [0.2, 0.25) is 0 Å². The van der Waals surface area contributed by atoms with Crippen molar-refractivity contribution in [1.29, 1.82) is 5.26 Å². The molecule has 0 aliphatic carbocycles. The van der Waals surface area contributed by atoms with Crippen molar-refractivity contribution >= 4 is 17.6 Å². The summed E-state index contributed by atoms with van der Waals surface area (Å²) in [6.45, 7) is 3.87. The molecule has 2 aromatic carbocycles. The molecule has 8 nitrogen and oxygen atoms in total. The van der Waals surface area contributed by atoms with Crippen LogP contribution >= 0.6 is 0 Å². The maximum Gasteiger partial charge on any atom is 0.310 e. The maximum atomic E-state index is 12.6. The molecule has 0 radical (unpaired) electrons. The lowest BCUT2D eigenvalue weighted by Crippen LogP contribution is -2.35. The first-order chi connectivity index (χ1) is 16.0. The number of benzene rings is 2. The van der Waals surface area contributed by atoms with Gasteiger partial charge in [0.15, 0.2) is 6.61 Å². The van der Waals surface area contributed by atoms with Gasteiger partial charge in [-0.05, 0) is 43.7 Å². The fourth-order valence-corrected chi connectivity index (χ4v) is 3.17. The number of amides is 1. The summed E-state index contributed by atoms with van der Waals surface area (Å²) in [6.07, 6.45) is 0.209. The lowest BCUT2D eigenvalue weighted by molar-refractivity contribution is -0.147. The Labute approximate surface area is 192 Å². The topological polar surface area (TPSA) is 106 Å². The Morgan fingerprint density at radius 2 is 1.82 bits per heavy atom. The smallest absolute Gasteiger partial charge is 0.310 e. The molecule has 0 fully saturated rings. The highest BCUT2D eigenvalue weighted by Crippen LogP contribution is 2.18. The van der Waals surface area contributed by atoms with Crippen LogP contribution in [0.2, 0.25) is 0 Å². The number of aromatic nitrogens is 1. The zero-order valence-electron chi connectivity index (χ0n) is 18.6. The van der Waals surface area contributed by atoms with Gasteiger partial charge in [-0.3, -0.25) is 9.59 Å². The van der Waals surface area contributed by atoms with Gasteiger partial charge in [0, 0.05) is 12.2 Å². The molecule has 0 N–H and O–H groups in total. The number of hydrogen-bond donors (Lipinski definition) is 0. The largest absolute Gasteiger partial charge is 0.489 e. The molecule has 3 rings (SSSR count). The van der Waals surface area contributed by atoms with Crippen LogP contribution in [0.3, 0.4) is 0 Å². The number of nitriles is 1. The Morgan fingerprint density at radius 3 is 2.45 bits per heavy atom. The third kappa shape index (κ3) is 6.68. The van der Waals surface area contributed by atoms with Gasteiger partial charge in [0.05, 0.1) is 30.2 Å². The van der Waals surface area contributed by atoms with Gasteiger partial charge >= 0.3 is 5.97 Å². The molecule has 0 bridgehead atoms. The van der Waals surface area contributed by atoms with E-state index in [1.165, 1.54) is 4.90 Å². The highest BCUT2D eigenvalue weighted by Gasteiger charge is 2.17. The Morgan fingerprint density at radius 1 is 1.09 bits per heavy atom. The molecule has 0 saturated carbocycles. The van der Waals surface area contributed by atoms with Crippen LogP contribution in [0, 0.1) is 25.2 Å². The van der Waals surface area contributed by atoms with Crippen LogP contribution < -0.4 is 9.64 Å². The number of aryl methyl sites for hydroxylation is 2. The summed E-state index contributed by atoms with van der Waals surface area (Å²) >= 11 is 0. The van der Waals surface area contributed by atoms with E-state index < -0.39 is 12.6 Å². The average molecular weight is 447 g/mol. The van der Waals surface area contributed by atoms with Gasteiger partial charge in [-0.15, -0.1) is 0 Å². The maximum absolute atomic E-state index is 12.6. The number of esters is 1. The predicted octanol–water partition coefficient (Wildman–Crippen LogP) is 3.90. The van der Waals surface area contributed by atoms with E-state index in [2.05, 4.69) is 5.16 Å². The summed E-state index contributed by atoms with van der Waals surface area (Å²) in [7, 11) is 0. The number of rotatable bonds is 10. The normalized spacial score (nSPS) is 10.3. The van der Waals surface area contributed by atoms with Crippen molar-refractivity contribution in [2.45, 2.75) is 33.3 Å². The summed E-state index contributed by atoms with van der Waals surface area (Å²) in [6, 6.07) is 18.1. The molecule has 8 heteroatoms. The standard InChI is InChI=1S/C25H25N3O5/c1-18-23(19(2)33-27-18)16-31-22-11-9-20(10-12-22)15-25(30)32-17-24(29)28(14-6-13-26)21-7-4-3-5-8-21/h3-5,7-12H,6,14-17H2,1-2H3. The minimum Gasteiger partial charge on any atom is -0.489 e. The number of hydrogen-bond acceptors (Lipinski definition) is 7. The summed E-state index contributed by atoms with van der Waals surface area (Å²) in [5, 5.41) is 12.8. The number of carbonyl (C=O) groups excluding carboxylic acids is 2. The molecule has 1 amide bonds. The summed E-state index contributed by atoms with van der Waals surface area (Å²) < 4.78 is 16.1. The highest BCUT2D eigenvalue weighted by atomic mass is 16.5. The summed E-state index contributed by atoms with van der Waals surface area (Å²) in [5.74, 6) is 0.479. The van der Waals surface area contributed by atoms with Crippen LogP contribution in [-0.2, 0) is 27.4 Å². The van der Waals surface area contributed by atoms with E-state index in [0.717, 1.165) is 22.6 Å². The quantitative estimate of drug-likeness (QED) is 0.434. The van der Waals surface area contributed by atoms with Crippen LogP contribution in [0.5, 0.6) is 5.75 Å². The van der Waals surface area contributed by atoms with Crippen molar-refractivity contribution < 1.29 is 23.6 Å². The second kappa shape index (κ2) is 11.5. The van der Waals surface area contributed by atoms with E-state index in [9.17, 15) is 9.59 Å². The molecule has 33 heavy (non-hydrogen) atoms. The third-order valence-electron chi connectivity index (χ3n) is 5.01. The molecule has 1 heterocycles. The van der Waals surface area contributed by atoms with Gasteiger partial charge in [-0.25, -0.2) is 0 Å². The van der Waals surface area contributed by atoms with Crippen molar-refractivity contribution in [1.82, 2.24) is 5.16 Å². The van der Waals surface area contributed by atoms with Gasteiger partial charge in [0.25, 0.3) is 5.91 Å². The minimum absolute atomic E-state index is 0.0287. The molecule has 0 saturated heterocycles. The second-order valence-electron chi connectivity index (χ2n) is 7.36. The molecular formula is C25H25N3O5. The molecule has 0 atom stereocenters. The first-order valence-electron chi connectivity index (χ1n) is 10.5. The van der Waals surface area contributed by atoms with E-state index >= 15 is 0 Å². The Hall–Kier alpha value is -4.12. The number of ether oxygens (including phenoxy) is 2. The van der Waals surface area contributed by atoms with Crippen molar-refractivity contribution in [3.8, 4) is 11.8 Å². The van der Waals surface area contributed by atoms with Crippen molar-refractivity contribution in [2.24, 2.45) is 0 Å². The zero-order valence-corrected chi connectivity index (χ0v) is 18.6. The monoisotopic (exact) mass is 447 g/mol. The first kappa shape index (κ1) is 23.5. The molecule has 0 unspecified atom stereocenters. The van der Waals surface area contributed by atoms with Crippen LogP contribution in [0.25, 0.3) is 0 Å². The number of anilines is 1. The minimum atomic E-state index is -0.513. The van der Waals surface area contributed by atoms with Crippen LogP contribution in [0.1, 0.15) is 29.0 Å². The SMILES string of the molecule is Cc1noc(C)c1COc1ccc(CC(=O)OCC(=O)N(CCC#N)c2ccccc2)cc1. The Balaban J connectivity index is 1.49. The fourth-order valence-electron chi connectivity index (χ4n) is 3.17. The number of nitrogens with zero attached hydrogens (tertiary/aromatic N) is 3. The van der Waals surface area contributed by atoms with E-state index in [-0.39, 0.29) is 25.3 Å². The highest BCUT2D eigenvalue weighted by molar-refractivity contribution is 5.95. The van der Waals surface area contributed by atoms with Gasteiger partial charge in [-0.1, -0.05) is 35.5 Å². The molecule has 0 aliphatic heterocycles. The van der Waals surface area contributed by atoms with Gasteiger partial charge in [-0.2, -0.15) is 5.26 Å². The fraction of sp³-hybridized carbons (Fsp3) is 0.280. The van der Waals surface area contributed by atoms with Crippen LogP contribution in [-0.4, -0.2) is 30.2 Å². The lowest BCUT2D eigenvalue weighted by atomic mass is 10.1. The zero-order chi connectivity index (χ0) is 23.6. The van der Waals surface area contributed by atoms with E-state index in [4.69, 9.17) is 19.3 Å². The van der Waals surface area contributed by atoms with Crippen molar-refractivity contribution in [2.75, 3.05) is 18.1 Å². The first-order valence-corrected chi connectivity index (χ1v) is 10.5. The van der Waals surface area contributed by atoms with E-state index in [1.807, 2.05) is 26.0 Å². The molecule has 1 aromatic heterocycles. The average Bonchev–Trinajstić information content (AvgIpc) is 3.15. The van der Waals surface area contributed by atoms with E-state index in [1.54, 1.807) is 48.5 Å². The van der Waals surface area contributed by atoms with E-state index in [0.29, 0.717) is 18.0 Å². The van der Waals surface area contributed by atoms with Crippen molar-refractivity contribution in [3.05, 3.63) is 77.2 Å². The predicted molar refractivity (Wildman–Crippen MR) is 120 cm³/mol. The molecule has 0 spiro atoms. The number of carbonyl (C=O) groups is 2. The second-order valence-corrected chi connectivity index (χ2v) is 7.36. The molecule has 3 aromatic rings. The Kier molecular flexibility index (Phi) is 8.19. The summed E-state index contributed by atoms with van der Waals surface area (Å²) in [5.41, 5.74) is 3.09. The lowest BCUT2D eigenvalue weighted by Gasteiger charge is -2.21. The molecule has 0 aliphatic rings. The molecule has 170 valence electrons. The van der Waals surface area contributed by atoms with Crippen molar-refractivity contribution in [3.63, 3.8) is 0 Å². The third-order valence-corrected chi connectivity index (χ3v) is 5.01. The van der Waals surface area contributed by atoms with Gasteiger partial charge in [0.1, 0.15) is 18.1 Å².